The number of rotatable bonds is 0. The van der Waals surface area contributed by atoms with Crippen molar-refractivity contribution in [3.8, 4) is 0 Å². The monoisotopic (exact) mass is 274 g/mol. The van der Waals surface area contributed by atoms with Gasteiger partial charge < -0.3 is 0 Å². The summed E-state index contributed by atoms with van der Waals surface area (Å²) in [5.41, 5.74) is 1.18. The average molecular weight is 274 g/mol. The van der Waals surface area contributed by atoms with Gasteiger partial charge in [0, 0.05) is 12.8 Å². The summed E-state index contributed by atoms with van der Waals surface area (Å²) < 4.78 is 0. The highest BCUT2D eigenvalue weighted by Gasteiger charge is 2.57. The van der Waals surface area contributed by atoms with Gasteiger partial charge in [-0.15, -0.1) is 0 Å². The van der Waals surface area contributed by atoms with Gasteiger partial charge in [0.2, 0.25) is 0 Å². The maximum absolute atomic E-state index is 11.9. The predicted molar refractivity (Wildman–Crippen MR) is 81.4 cm³/mol. The zero-order valence-corrected chi connectivity index (χ0v) is 13.3. The van der Waals surface area contributed by atoms with E-state index in [0.29, 0.717) is 16.6 Å². The van der Waals surface area contributed by atoms with Gasteiger partial charge in [-0.05, 0) is 79.4 Å². The van der Waals surface area contributed by atoms with Crippen LogP contribution in [-0.2, 0) is 4.79 Å². The molecule has 112 valence electrons. The minimum atomic E-state index is 0.501. The Labute approximate surface area is 123 Å². The van der Waals surface area contributed by atoms with E-state index < -0.39 is 0 Å². The first-order valence-electron chi connectivity index (χ1n) is 9.05. The molecule has 5 unspecified atom stereocenters. The quantitative estimate of drug-likeness (QED) is 0.608. The molecule has 4 aliphatic carbocycles. The highest BCUT2D eigenvalue weighted by Crippen LogP contribution is 2.65. The molecule has 4 fully saturated rings. The third-order valence-electron chi connectivity index (χ3n) is 8.26. The zero-order chi connectivity index (χ0) is 14.0. The van der Waals surface area contributed by atoms with Gasteiger partial charge in [-0.25, -0.2) is 0 Å². The van der Waals surface area contributed by atoms with Crippen LogP contribution in [0.2, 0.25) is 0 Å². The van der Waals surface area contributed by atoms with E-state index in [1.165, 1.54) is 51.4 Å². The van der Waals surface area contributed by atoms with E-state index in [1.54, 1.807) is 0 Å². The number of Topliss-reactive ketones (excluding diaryl/α,β-unsaturated/α-hetero) is 1. The second-order valence-corrected chi connectivity index (χ2v) is 8.98. The third kappa shape index (κ3) is 1.70. The molecule has 0 aromatic rings. The van der Waals surface area contributed by atoms with E-state index in [4.69, 9.17) is 0 Å². The maximum atomic E-state index is 11.9. The van der Waals surface area contributed by atoms with E-state index in [-0.39, 0.29) is 0 Å². The molecule has 4 saturated carbocycles. The molecule has 0 aromatic heterocycles. The van der Waals surface area contributed by atoms with Gasteiger partial charge in [-0.1, -0.05) is 20.3 Å². The summed E-state index contributed by atoms with van der Waals surface area (Å²) in [7, 11) is 0. The van der Waals surface area contributed by atoms with E-state index in [2.05, 4.69) is 13.8 Å². The standard InChI is InChI=1S/C19H30O/c1-18-9-3-4-16(18)15-6-5-13-12-14(20)7-11-19(13,2)17(15)8-10-18/h13,15-17H,3-12H2,1-2H3/t13-,15?,16?,17?,18?,19?/m1/s1. The molecular weight excluding hydrogens is 244 g/mol. The van der Waals surface area contributed by atoms with Gasteiger partial charge in [0.05, 0.1) is 0 Å². The van der Waals surface area contributed by atoms with Gasteiger partial charge >= 0.3 is 0 Å². The lowest BCUT2D eigenvalue weighted by Crippen LogP contribution is -2.52. The van der Waals surface area contributed by atoms with E-state index in [9.17, 15) is 4.79 Å². The summed E-state index contributed by atoms with van der Waals surface area (Å²) in [5, 5.41) is 0. The SMILES string of the molecule is CC12CCCC1C1CC[C@@H]3CC(=O)CCC3(C)C1CC2. The van der Waals surface area contributed by atoms with Crippen LogP contribution in [-0.4, -0.2) is 5.78 Å². The van der Waals surface area contributed by atoms with Gasteiger partial charge in [0.15, 0.2) is 0 Å². The Morgan fingerprint density at radius 1 is 0.950 bits per heavy atom. The fourth-order valence-corrected chi connectivity index (χ4v) is 7.04. The molecule has 1 heteroatoms. The molecule has 0 aromatic carbocycles. The van der Waals surface area contributed by atoms with Crippen LogP contribution in [0, 0.1) is 34.5 Å². The maximum Gasteiger partial charge on any atom is 0.133 e. The topological polar surface area (TPSA) is 17.1 Å². The van der Waals surface area contributed by atoms with Crippen molar-refractivity contribution in [1.82, 2.24) is 0 Å². The molecular formula is C19H30O. The smallest absolute Gasteiger partial charge is 0.133 e. The molecule has 4 rings (SSSR count). The van der Waals surface area contributed by atoms with Crippen LogP contribution < -0.4 is 0 Å². The van der Waals surface area contributed by atoms with Crippen LogP contribution >= 0.6 is 0 Å². The highest BCUT2D eigenvalue weighted by atomic mass is 16.1. The summed E-state index contributed by atoms with van der Waals surface area (Å²) in [6, 6.07) is 0. The molecule has 0 aliphatic heterocycles. The summed E-state index contributed by atoms with van der Waals surface area (Å²) in [6.07, 6.45) is 13.1. The minimum absolute atomic E-state index is 0.501. The summed E-state index contributed by atoms with van der Waals surface area (Å²) in [4.78, 5) is 11.9. The largest absolute Gasteiger partial charge is 0.300 e. The van der Waals surface area contributed by atoms with E-state index >= 15 is 0 Å². The molecule has 0 heterocycles. The predicted octanol–water partition coefficient (Wildman–Crippen LogP) is 4.99. The Morgan fingerprint density at radius 3 is 2.65 bits per heavy atom. The first-order chi connectivity index (χ1) is 9.53. The molecule has 0 saturated heterocycles. The molecule has 1 nitrogen and oxygen atoms in total. The molecule has 0 amide bonds. The Kier molecular flexibility index (Phi) is 2.89. The van der Waals surface area contributed by atoms with Crippen LogP contribution in [0.15, 0.2) is 0 Å². The second kappa shape index (κ2) is 4.34. The van der Waals surface area contributed by atoms with Crippen molar-refractivity contribution in [3.05, 3.63) is 0 Å². The van der Waals surface area contributed by atoms with Gasteiger partial charge in [-0.2, -0.15) is 0 Å². The minimum Gasteiger partial charge on any atom is -0.300 e. The Morgan fingerprint density at radius 2 is 1.80 bits per heavy atom. The average Bonchev–Trinajstić information content (AvgIpc) is 2.81. The van der Waals surface area contributed by atoms with Crippen LogP contribution in [0.4, 0.5) is 0 Å². The highest BCUT2D eigenvalue weighted by molar-refractivity contribution is 5.79. The number of ketones is 1. The third-order valence-corrected chi connectivity index (χ3v) is 8.26. The number of fused-ring (bicyclic) bond motifs is 5. The van der Waals surface area contributed by atoms with Crippen molar-refractivity contribution >= 4 is 5.78 Å². The van der Waals surface area contributed by atoms with Crippen molar-refractivity contribution in [2.24, 2.45) is 34.5 Å². The fourth-order valence-electron chi connectivity index (χ4n) is 7.04. The number of carbonyl (C=O) groups is 1. The molecule has 0 radical (unpaired) electrons. The van der Waals surface area contributed by atoms with E-state index in [1.807, 2.05) is 0 Å². The fraction of sp³-hybridized carbons (Fsp3) is 0.947. The first-order valence-corrected chi connectivity index (χ1v) is 9.05. The molecule has 4 aliphatic rings. The molecule has 0 N–H and O–H groups in total. The lowest BCUT2D eigenvalue weighted by atomic mass is 9.45. The Bertz CT molecular complexity index is 427. The normalized spacial score (nSPS) is 55.0. The van der Waals surface area contributed by atoms with Gasteiger partial charge in [0.25, 0.3) is 0 Å². The van der Waals surface area contributed by atoms with Crippen LogP contribution in [0.25, 0.3) is 0 Å². The lowest BCUT2D eigenvalue weighted by Gasteiger charge is -2.59. The summed E-state index contributed by atoms with van der Waals surface area (Å²) in [6.45, 7) is 5.14. The lowest BCUT2D eigenvalue weighted by molar-refractivity contribution is -0.137. The first kappa shape index (κ1) is 13.3. The van der Waals surface area contributed by atoms with Crippen molar-refractivity contribution in [3.63, 3.8) is 0 Å². The molecule has 20 heavy (non-hydrogen) atoms. The Hall–Kier alpha value is -0.330. The van der Waals surface area contributed by atoms with Crippen molar-refractivity contribution in [1.29, 1.82) is 0 Å². The van der Waals surface area contributed by atoms with Crippen LogP contribution in [0.1, 0.15) is 78.1 Å². The Balaban J connectivity index is 1.64. The van der Waals surface area contributed by atoms with Crippen LogP contribution in [0.5, 0.6) is 0 Å². The second-order valence-electron chi connectivity index (χ2n) is 8.98. The zero-order valence-electron chi connectivity index (χ0n) is 13.3. The summed E-state index contributed by atoms with van der Waals surface area (Å²) in [5.74, 6) is 4.20. The number of hydrogen-bond acceptors (Lipinski definition) is 1. The number of carbonyl (C=O) groups excluding carboxylic acids is 1. The molecule has 0 bridgehead atoms. The van der Waals surface area contributed by atoms with E-state index in [0.717, 1.165) is 36.5 Å². The van der Waals surface area contributed by atoms with Crippen LogP contribution in [0.3, 0.4) is 0 Å². The summed E-state index contributed by atoms with van der Waals surface area (Å²) >= 11 is 0. The van der Waals surface area contributed by atoms with Crippen molar-refractivity contribution < 1.29 is 4.79 Å². The van der Waals surface area contributed by atoms with Gasteiger partial charge in [-0.3, -0.25) is 4.79 Å². The van der Waals surface area contributed by atoms with Crippen molar-refractivity contribution in [2.45, 2.75) is 78.1 Å². The van der Waals surface area contributed by atoms with Gasteiger partial charge in [0.1, 0.15) is 5.78 Å². The number of hydrogen-bond donors (Lipinski definition) is 0. The molecule has 6 atom stereocenters. The van der Waals surface area contributed by atoms with Crippen molar-refractivity contribution in [2.75, 3.05) is 0 Å². The molecule has 0 spiro atoms.